The Labute approximate surface area is 144 Å². The molecule has 0 aliphatic rings. The van der Waals surface area contributed by atoms with Gasteiger partial charge in [-0.3, -0.25) is 0 Å². The van der Waals surface area contributed by atoms with E-state index in [1.165, 1.54) is 5.32 Å². The van der Waals surface area contributed by atoms with Crippen molar-refractivity contribution < 1.29 is 53.4 Å². The highest BCUT2D eigenvalue weighted by Crippen LogP contribution is 2.42. The Morgan fingerprint density at radius 1 is 0.963 bits per heavy atom. The Kier molecular flexibility index (Phi) is 6.12. The zero-order chi connectivity index (χ0) is 21.3. The molecule has 4 nitrogen and oxygen atoms in total. The second-order valence-electron chi connectivity index (χ2n) is 5.16. The van der Waals surface area contributed by atoms with Crippen LogP contribution in [0.1, 0.15) is 6.92 Å². The number of carbonyl (C=O) groups is 1. The topological polar surface area (TPSA) is 50.4 Å². The first-order valence-electron chi connectivity index (χ1n) is 6.68. The van der Waals surface area contributed by atoms with Crippen molar-refractivity contribution in [2.45, 2.75) is 37.3 Å². The molecule has 154 valence electrons. The van der Waals surface area contributed by atoms with E-state index in [1.54, 1.807) is 0 Å². The molecule has 27 heavy (non-hydrogen) atoms. The molecule has 1 aromatic carbocycles. The molecule has 2 amide bonds. The first-order chi connectivity index (χ1) is 12.0. The van der Waals surface area contributed by atoms with Gasteiger partial charge in [0.25, 0.3) is 0 Å². The van der Waals surface area contributed by atoms with Crippen molar-refractivity contribution in [1.29, 1.82) is 0 Å². The monoisotopic (exact) mass is 416 g/mol. The van der Waals surface area contributed by atoms with E-state index < -0.39 is 47.9 Å². The summed E-state index contributed by atoms with van der Waals surface area (Å²) in [4.78, 5) is 11.6. The second-order valence-corrected chi connectivity index (χ2v) is 5.16. The van der Waals surface area contributed by atoms with Crippen molar-refractivity contribution in [2.24, 2.45) is 0 Å². The molecule has 0 saturated heterocycles. The molecule has 14 heteroatoms. The number of benzene rings is 1. The number of para-hydroxylation sites is 2. The van der Waals surface area contributed by atoms with E-state index in [1.807, 2.05) is 0 Å². The van der Waals surface area contributed by atoms with Gasteiger partial charge in [0, 0.05) is 0 Å². The summed E-state index contributed by atoms with van der Waals surface area (Å²) in [6.07, 6.45) is -21.2. The zero-order valence-electron chi connectivity index (χ0n) is 13.0. The molecule has 0 radical (unpaired) electrons. The average molecular weight is 416 g/mol. The van der Waals surface area contributed by atoms with Gasteiger partial charge in [0.05, 0.1) is 5.69 Å². The normalized spacial score (nSPS) is 13.5. The number of anilines is 1. The van der Waals surface area contributed by atoms with Crippen molar-refractivity contribution in [3.63, 3.8) is 0 Å². The molecule has 0 aliphatic carbocycles. The highest BCUT2D eigenvalue weighted by molar-refractivity contribution is 5.91. The van der Waals surface area contributed by atoms with Crippen LogP contribution in [0.15, 0.2) is 24.3 Å². The highest BCUT2D eigenvalue weighted by atomic mass is 19.4. The van der Waals surface area contributed by atoms with Crippen LogP contribution in [0, 0.1) is 0 Å². The summed E-state index contributed by atoms with van der Waals surface area (Å²) in [6.45, 7) is -0.361. The number of carbonyl (C=O) groups excluding carboxylic acids is 1. The van der Waals surface area contributed by atoms with Crippen LogP contribution in [0.5, 0.6) is 5.75 Å². The predicted molar refractivity (Wildman–Crippen MR) is 70.7 cm³/mol. The summed E-state index contributed by atoms with van der Waals surface area (Å²) in [7, 11) is 0. The molecule has 0 aliphatic heterocycles. The lowest BCUT2D eigenvalue weighted by Crippen LogP contribution is -2.66. The molecule has 0 bridgehead atoms. The Balaban J connectivity index is 3.08. The van der Waals surface area contributed by atoms with Crippen LogP contribution in [0.4, 0.5) is 54.4 Å². The molecular formula is C13H10F10N2O2. The van der Waals surface area contributed by atoms with Gasteiger partial charge in [-0.15, -0.1) is 0 Å². The Hall–Kier alpha value is -2.41. The van der Waals surface area contributed by atoms with Gasteiger partial charge >= 0.3 is 30.9 Å². The van der Waals surface area contributed by atoms with Gasteiger partial charge in [-0.05, 0) is 19.1 Å². The van der Waals surface area contributed by atoms with E-state index in [0.717, 1.165) is 18.2 Å². The molecule has 0 fully saturated rings. The fraction of sp³-hybridized carbons (Fsp3) is 0.462. The van der Waals surface area contributed by atoms with E-state index in [4.69, 9.17) is 0 Å². The molecule has 1 aromatic rings. The largest absolute Gasteiger partial charge is 0.461 e. The molecule has 0 spiro atoms. The van der Waals surface area contributed by atoms with E-state index in [2.05, 4.69) is 4.74 Å². The van der Waals surface area contributed by atoms with Crippen LogP contribution in [0.2, 0.25) is 0 Å². The van der Waals surface area contributed by atoms with E-state index in [9.17, 15) is 48.7 Å². The number of hydrogen-bond donors (Lipinski definition) is 2. The summed E-state index contributed by atoms with van der Waals surface area (Å²) in [5.74, 6) is -1.11. The number of ether oxygens (including phenoxy) is 1. The summed E-state index contributed by atoms with van der Waals surface area (Å²) in [6, 6.07) is 1.28. The molecule has 0 unspecified atom stereocenters. The third kappa shape index (κ3) is 5.07. The summed E-state index contributed by atoms with van der Waals surface area (Å²) in [5, 5.41) is 2.06. The maximum absolute atomic E-state index is 12.9. The Morgan fingerprint density at radius 2 is 1.44 bits per heavy atom. The van der Waals surface area contributed by atoms with Gasteiger partial charge in [0.1, 0.15) is 5.75 Å². The van der Waals surface area contributed by atoms with Gasteiger partial charge in [-0.1, -0.05) is 12.1 Å². The first kappa shape index (κ1) is 22.6. The van der Waals surface area contributed by atoms with Crippen LogP contribution in [0.25, 0.3) is 0 Å². The second kappa shape index (κ2) is 7.31. The van der Waals surface area contributed by atoms with Gasteiger partial charge < -0.3 is 15.4 Å². The van der Waals surface area contributed by atoms with Crippen molar-refractivity contribution in [1.82, 2.24) is 5.32 Å². The Bertz CT molecular complexity index is 658. The summed E-state index contributed by atoms with van der Waals surface area (Å²) in [5.41, 5.74) is -5.55. The maximum Gasteiger partial charge on any atom is 0.461 e. The molecule has 0 saturated carbocycles. The van der Waals surface area contributed by atoms with Crippen molar-refractivity contribution in [3.8, 4) is 5.75 Å². The summed E-state index contributed by atoms with van der Waals surface area (Å²) < 4.78 is 130. The molecule has 1 rings (SSSR count). The molecule has 0 aromatic heterocycles. The number of halogens is 10. The van der Waals surface area contributed by atoms with Crippen LogP contribution >= 0.6 is 0 Å². The average Bonchev–Trinajstić information content (AvgIpc) is 2.46. The summed E-state index contributed by atoms with van der Waals surface area (Å²) >= 11 is 0. The van der Waals surface area contributed by atoms with Gasteiger partial charge in [0.2, 0.25) is 5.54 Å². The predicted octanol–water partition coefficient (Wildman–Crippen LogP) is 4.93. The van der Waals surface area contributed by atoms with Gasteiger partial charge in [0.15, 0.2) is 0 Å². The van der Waals surface area contributed by atoms with Crippen LogP contribution < -0.4 is 15.4 Å². The maximum atomic E-state index is 12.9. The van der Waals surface area contributed by atoms with E-state index >= 15 is 0 Å². The fourth-order valence-corrected chi connectivity index (χ4v) is 1.53. The van der Waals surface area contributed by atoms with Crippen LogP contribution in [-0.2, 0) is 0 Å². The lowest BCUT2D eigenvalue weighted by Gasteiger charge is -2.34. The van der Waals surface area contributed by atoms with Crippen LogP contribution in [-0.4, -0.2) is 36.5 Å². The van der Waals surface area contributed by atoms with Crippen molar-refractivity contribution >= 4 is 11.7 Å². The number of amides is 2. The van der Waals surface area contributed by atoms with Crippen molar-refractivity contribution in [2.75, 3.05) is 5.32 Å². The SMILES string of the molecule is CC(NC(=O)Nc1ccccc1OC(F)(F)C(F)F)(C(F)(F)F)C(F)(F)F. The lowest BCUT2D eigenvalue weighted by molar-refractivity contribution is -0.297. The third-order valence-electron chi connectivity index (χ3n) is 3.13. The number of alkyl halides is 10. The molecule has 2 N–H and O–H groups in total. The zero-order valence-corrected chi connectivity index (χ0v) is 13.0. The van der Waals surface area contributed by atoms with E-state index in [0.29, 0.717) is 11.4 Å². The van der Waals surface area contributed by atoms with Gasteiger partial charge in [-0.2, -0.15) is 43.9 Å². The Morgan fingerprint density at radius 3 is 1.89 bits per heavy atom. The number of hydrogen-bond acceptors (Lipinski definition) is 2. The lowest BCUT2D eigenvalue weighted by atomic mass is 10.0. The third-order valence-corrected chi connectivity index (χ3v) is 3.13. The minimum atomic E-state index is -5.96. The van der Waals surface area contributed by atoms with Crippen molar-refractivity contribution in [3.05, 3.63) is 24.3 Å². The number of nitrogens with one attached hydrogen (secondary N) is 2. The molecule has 0 heterocycles. The first-order valence-corrected chi connectivity index (χ1v) is 6.68. The minimum Gasteiger partial charge on any atom is -0.426 e. The van der Waals surface area contributed by atoms with Gasteiger partial charge in [-0.25, -0.2) is 4.79 Å². The quantitative estimate of drug-likeness (QED) is 0.669. The highest BCUT2D eigenvalue weighted by Gasteiger charge is 2.68. The molecular weight excluding hydrogens is 406 g/mol. The standard InChI is InChI=1S/C13H10F10N2O2/c1-10(12(18,19)20,13(21,22)23)25-9(26)24-6-4-2-3-5-7(6)27-11(16,17)8(14)15/h2-5,8H,1H3,(H2,24,25,26). The molecule has 0 atom stereocenters. The van der Waals surface area contributed by atoms with Crippen LogP contribution in [0.3, 0.4) is 0 Å². The number of rotatable bonds is 5. The fourth-order valence-electron chi connectivity index (χ4n) is 1.53. The van der Waals surface area contributed by atoms with E-state index in [-0.39, 0.29) is 6.92 Å². The minimum absolute atomic E-state index is 0.361. The smallest absolute Gasteiger partial charge is 0.426 e. The number of urea groups is 1.